The number of benzene rings is 1. The summed E-state index contributed by atoms with van der Waals surface area (Å²) in [6.07, 6.45) is 5.42. The molecule has 3 heterocycles. The van der Waals surface area contributed by atoms with E-state index in [0.717, 1.165) is 50.0 Å². The average molecular weight is 420 g/mol. The zero-order valence-electron chi connectivity index (χ0n) is 17.1. The minimum Gasteiger partial charge on any atom is -0.383 e. The van der Waals surface area contributed by atoms with Crippen molar-refractivity contribution in [2.45, 2.75) is 44.4 Å². The Bertz CT molecular complexity index is 1090. The van der Waals surface area contributed by atoms with Crippen LogP contribution in [-0.2, 0) is 4.79 Å². The van der Waals surface area contributed by atoms with Crippen LogP contribution in [-0.4, -0.2) is 33.8 Å². The quantitative estimate of drug-likeness (QED) is 0.570. The summed E-state index contributed by atoms with van der Waals surface area (Å²) in [5.74, 6) is 1.21. The Labute approximate surface area is 179 Å². The van der Waals surface area contributed by atoms with E-state index in [1.54, 1.807) is 12.1 Å². The number of rotatable bonds is 3. The number of carbonyl (C=O) groups is 1. The molecule has 1 aliphatic carbocycles. The summed E-state index contributed by atoms with van der Waals surface area (Å²) < 4.78 is 0. The van der Waals surface area contributed by atoms with Gasteiger partial charge < -0.3 is 16.0 Å². The number of hydrogen-bond acceptors (Lipinski definition) is 8. The van der Waals surface area contributed by atoms with Gasteiger partial charge in [0.1, 0.15) is 11.6 Å². The average Bonchev–Trinajstić information content (AvgIpc) is 2.78. The van der Waals surface area contributed by atoms with Gasteiger partial charge in [0.15, 0.2) is 5.78 Å². The van der Waals surface area contributed by atoms with Crippen molar-refractivity contribution in [3.8, 4) is 0 Å². The van der Waals surface area contributed by atoms with E-state index in [-0.39, 0.29) is 11.5 Å². The number of allylic oxidation sites excluding steroid dienone is 2. The number of aromatic nitrogens is 2. The molecule has 1 saturated heterocycles. The van der Waals surface area contributed by atoms with E-state index >= 15 is 0 Å². The number of nitro benzene ring substituents is 1. The smallest absolute Gasteiger partial charge is 0.269 e. The van der Waals surface area contributed by atoms with Gasteiger partial charge in [-0.1, -0.05) is 12.1 Å². The van der Waals surface area contributed by atoms with Crippen molar-refractivity contribution >= 4 is 29.1 Å². The van der Waals surface area contributed by atoms with Gasteiger partial charge in [-0.3, -0.25) is 14.9 Å². The largest absolute Gasteiger partial charge is 0.383 e. The normalized spacial score (nSPS) is 20.7. The number of nitrogens with two attached hydrogens (primary N) is 1. The highest BCUT2D eigenvalue weighted by molar-refractivity contribution is 6.01. The third-order valence-corrected chi connectivity index (χ3v) is 6.34. The van der Waals surface area contributed by atoms with Crippen molar-refractivity contribution in [2.75, 3.05) is 29.0 Å². The van der Waals surface area contributed by atoms with Crippen molar-refractivity contribution < 1.29 is 9.72 Å². The van der Waals surface area contributed by atoms with E-state index in [9.17, 15) is 14.9 Å². The third kappa shape index (κ3) is 3.39. The zero-order chi connectivity index (χ0) is 21.5. The van der Waals surface area contributed by atoms with Crippen LogP contribution in [0, 0.1) is 10.1 Å². The van der Waals surface area contributed by atoms with E-state index in [2.05, 4.69) is 15.2 Å². The molecule has 9 heteroatoms. The van der Waals surface area contributed by atoms with Crippen LogP contribution in [0.25, 0.3) is 0 Å². The van der Waals surface area contributed by atoms with Gasteiger partial charge in [-0.2, -0.15) is 9.97 Å². The van der Waals surface area contributed by atoms with Gasteiger partial charge in [0.2, 0.25) is 5.95 Å². The number of anilines is 3. The van der Waals surface area contributed by atoms with Crippen molar-refractivity contribution in [3.63, 3.8) is 0 Å². The predicted molar refractivity (Wildman–Crippen MR) is 117 cm³/mol. The highest BCUT2D eigenvalue weighted by Gasteiger charge is 2.38. The Kier molecular flexibility index (Phi) is 4.80. The van der Waals surface area contributed by atoms with E-state index in [1.807, 2.05) is 0 Å². The predicted octanol–water partition coefficient (Wildman–Crippen LogP) is 3.52. The van der Waals surface area contributed by atoms with Gasteiger partial charge in [0.25, 0.3) is 5.69 Å². The fraction of sp³-hybridized carbons (Fsp3) is 0.409. The summed E-state index contributed by atoms with van der Waals surface area (Å²) >= 11 is 0. The Hall–Kier alpha value is -3.49. The van der Waals surface area contributed by atoms with Crippen molar-refractivity contribution in [2.24, 2.45) is 0 Å². The Morgan fingerprint density at radius 1 is 1.06 bits per heavy atom. The van der Waals surface area contributed by atoms with Crippen molar-refractivity contribution in [1.29, 1.82) is 0 Å². The number of non-ortho nitro benzene ring substituents is 1. The number of piperidine rings is 1. The van der Waals surface area contributed by atoms with Crippen molar-refractivity contribution in [3.05, 3.63) is 56.8 Å². The molecule has 0 amide bonds. The lowest BCUT2D eigenvalue weighted by molar-refractivity contribution is -0.384. The third-order valence-electron chi connectivity index (χ3n) is 6.34. The first kappa shape index (κ1) is 19.5. The second-order valence-corrected chi connectivity index (χ2v) is 8.29. The maximum Gasteiger partial charge on any atom is 0.269 e. The molecule has 3 aliphatic rings. The van der Waals surface area contributed by atoms with Gasteiger partial charge in [-0.05, 0) is 37.7 Å². The number of nitrogens with zero attached hydrogens (tertiary/aromatic N) is 4. The zero-order valence-corrected chi connectivity index (χ0v) is 17.1. The topological polar surface area (TPSA) is 127 Å². The first-order chi connectivity index (χ1) is 15.0. The standard InChI is InChI=1S/C22H24N6O3/c23-20-19-17(13-7-9-14(10-8-13)28(30)31)18-15(5-4-6-16(18)29)24-21(19)26-22(25-20)27-11-2-1-3-12-27/h7-10,17H,1-6,11-12H2,(H3,23,24,25,26). The molecule has 9 nitrogen and oxygen atoms in total. The highest BCUT2D eigenvalue weighted by Crippen LogP contribution is 2.47. The minimum atomic E-state index is -0.435. The number of nitrogens with one attached hydrogen (secondary N) is 1. The molecule has 3 N–H and O–H groups in total. The Morgan fingerprint density at radius 2 is 1.81 bits per heavy atom. The number of nitro groups is 1. The molecule has 0 spiro atoms. The van der Waals surface area contributed by atoms with E-state index in [1.165, 1.54) is 18.6 Å². The van der Waals surface area contributed by atoms with E-state index in [4.69, 9.17) is 10.7 Å². The van der Waals surface area contributed by atoms with Crippen LogP contribution >= 0.6 is 0 Å². The minimum absolute atomic E-state index is 0.00625. The van der Waals surface area contributed by atoms with Gasteiger partial charge >= 0.3 is 0 Å². The second kappa shape index (κ2) is 7.64. The molecule has 1 aromatic heterocycles. The first-order valence-corrected chi connectivity index (χ1v) is 10.7. The SMILES string of the molecule is Nc1nc(N2CCCCC2)nc2c1C(c1ccc([N+](=O)[O-])cc1)C1=C(CCCC1=O)N2. The summed E-state index contributed by atoms with van der Waals surface area (Å²) in [4.78, 5) is 35.2. The highest BCUT2D eigenvalue weighted by atomic mass is 16.6. The molecule has 0 bridgehead atoms. The van der Waals surface area contributed by atoms with Crippen LogP contribution in [0.5, 0.6) is 0 Å². The number of carbonyl (C=O) groups excluding carboxylic acids is 1. The Balaban J connectivity index is 1.64. The first-order valence-electron chi connectivity index (χ1n) is 10.7. The summed E-state index contributed by atoms with van der Waals surface area (Å²) in [5.41, 5.74) is 9.46. The molecule has 1 atom stereocenters. The van der Waals surface area contributed by atoms with Gasteiger partial charge in [0.05, 0.1) is 4.92 Å². The lowest BCUT2D eigenvalue weighted by Gasteiger charge is -2.35. The molecule has 2 aromatic rings. The van der Waals surface area contributed by atoms with Gasteiger partial charge in [0, 0.05) is 54.4 Å². The van der Waals surface area contributed by atoms with E-state index in [0.29, 0.717) is 35.1 Å². The lowest BCUT2D eigenvalue weighted by atomic mass is 9.76. The maximum atomic E-state index is 12.9. The number of hydrogen-bond donors (Lipinski definition) is 2. The molecule has 1 fully saturated rings. The summed E-state index contributed by atoms with van der Waals surface area (Å²) in [6.45, 7) is 1.80. The molecule has 1 unspecified atom stereocenters. The van der Waals surface area contributed by atoms with Crippen LogP contribution in [0.2, 0.25) is 0 Å². The van der Waals surface area contributed by atoms with Gasteiger partial charge in [-0.25, -0.2) is 0 Å². The molecule has 31 heavy (non-hydrogen) atoms. The maximum absolute atomic E-state index is 12.9. The molecule has 5 rings (SSSR count). The number of Topliss-reactive ketones (excluding diaryl/α,β-unsaturated/α-hetero) is 1. The number of ketones is 1. The summed E-state index contributed by atoms with van der Waals surface area (Å²) in [5, 5.41) is 14.5. The second-order valence-electron chi connectivity index (χ2n) is 8.29. The molecular weight excluding hydrogens is 396 g/mol. The molecule has 0 saturated carbocycles. The fourth-order valence-corrected chi connectivity index (χ4v) is 4.83. The summed E-state index contributed by atoms with van der Waals surface area (Å²) in [6, 6.07) is 6.32. The monoisotopic (exact) mass is 420 g/mol. The number of nitrogen functional groups attached to an aromatic ring is 1. The lowest BCUT2D eigenvalue weighted by Crippen LogP contribution is -2.33. The van der Waals surface area contributed by atoms with Gasteiger partial charge in [-0.15, -0.1) is 0 Å². The Morgan fingerprint density at radius 3 is 2.52 bits per heavy atom. The van der Waals surface area contributed by atoms with E-state index < -0.39 is 10.8 Å². The van der Waals surface area contributed by atoms with Crippen LogP contribution in [0.15, 0.2) is 35.5 Å². The van der Waals surface area contributed by atoms with Crippen LogP contribution < -0.4 is 16.0 Å². The number of fused-ring (bicyclic) bond motifs is 1. The van der Waals surface area contributed by atoms with Crippen molar-refractivity contribution in [1.82, 2.24) is 9.97 Å². The fourth-order valence-electron chi connectivity index (χ4n) is 4.83. The molecule has 1 aromatic carbocycles. The molecular formula is C22H24N6O3. The van der Waals surface area contributed by atoms with Crippen LogP contribution in [0.4, 0.5) is 23.3 Å². The molecule has 0 radical (unpaired) electrons. The van der Waals surface area contributed by atoms with Crippen LogP contribution in [0.3, 0.4) is 0 Å². The summed E-state index contributed by atoms with van der Waals surface area (Å²) in [7, 11) is 0. The van der Waals surface area contributed by atoms with Crippen LogP contribution in [0.1, 0.15) is 55.6 Å². The molecule has 160 valence electrons. The molecule has 2 aliphatic heterocycles.